The summed E-state index contributed by atoms with van der Waals surface area (Å²) >= 11 is 3.59. The van der Waals surface area contributed by atoms with Gasteiger partial charge in [-0.05, 0) is 31.1 Å². The van der Waals surface area contributed by atoms with Gasteiger partial charge in [-0.15, -0.1) is 0 Å². The van der Waals surface area contributed by atoms with E-state index in [4.69, 9.17) is 0 Å². The van der Waals surface area contributed by atoms with Gasteiger partial charge < -0.3 is 0 Å². The van der Waals surface area contributed by atoms with Gasteiger partial charge in [0.1, 0.15) is 11.4 Å². The highest BCUT2D eigenvalue weighted by molar-refractivity contribution is 9.09. The van der Waals surface area contributed by atoms with Crippen LogP contribution in [0, 0.1) is 15.5 Å². The van der Waals surface area contributed by atoms with Gasteiger partial charge in [0.05, 0.1) is 4.92 Å². The molecule has 1 rings (SSSR count). The van der Waals surface area contributed by atoms with Crippen molar-refractivity contribution in [1.82, 2.24) is 9.78 Å². The molecular formula is C14H24BrN3O2. The van der Waals surface area contributed by atoms with Crippen molar-refractivity contribution < 1.29 is 4.92 Å². The number of aryl methyl sites for hydroxylation is 1. The Bertz CT molecular complexity index is 459. The zero-order chi connectivity index (χ0) is 15.3. The molecule has 6 heteroatoms. The Kier molecular flexibility index (Phi) is 6.17. The predicted octanol–water partition coefficient (Wildman–Crippen LogP) is 4.12. The maximum atomic E-state index is 11.3. The SMILES string of the molecule is CCc1nn(CC(CC)(CC)CBr)c(CC)c1[N+](=O)[O-]. The Morgan fingerprint density at radius 1 is 1.25 bits per heavy atom. The summed E-state index contributed by atoms with van der Waals surface area (Å²) < 4.78 is 1.87. The number of halogens is 1. The molecule has 1 heterocycles. The molecule has 0 radical (unpaired) electrons. The number of rotatable bonds is 8. The lowest BCUT2D eigenvalue weighted by Crippen LogP contribution is -2.28. The van der Waals surface area contributed by atoms with Crippen LogP contribution in [0.4, 0.5) is 5.69 Å². The maximum Gasteiger partial charge on any atom is 0.313 e. The zero-order valence-electron chi connectivity index (χ0n) is 12.8. The van der Waals surface area contributed by atoms with Crippen LogP contribution in [-0.4, -0.2) is 20.0 Å². The third-order valence-electron chi connectivity index (χ3n) is 4.22. The van der Waals surface area contributed by atoms with Crippen molar-refractivity contribution in [2.24, 2.45) is 5.41 Å². The van der Waals surface area contributed by atoms with E-state index in [-0.39, 0.29) is 16.0 Å². The van der Waals surface area contributed by atoms with Crippen LogP contribution in [0.25, 0.3) is 0 Å². The molecular weight excluding hydrogens is 322 g/mol. The number of hydrogen-bond donors (Lipinski definition) is 0. The number of nitro groups is 1. The van der Waals surface area contributed by atoms with Crippen LogP contribution in [0.15, 0.2) is 0 Å². The monoisotopic (exact) mass is 345 g/mol. The van der Waals surface area contributed by atoms with Crippen LogP contribution in [0.3, 0.4) is 0 Å². The Labute approximate surface area is 129 Å². The topological polar surface area (TPSA) is 61.0 Å². The molecule has 0 amide bonds. The Morgan fingerprint density at radius 2 is 1.85 bits per heavy atom. The molecule has 20 heavy (non-hydrogen) atoms. The molecule has 0 saturated heterocycles. The molecule has 5 nitrogen and oxygen atoms in total. The molecule has 1 aromatic rings. The number of alkyl halides is 1. The molecule has 0 atom stereocenters. The molecule has 0 unspecified atom stereocenters. The van der Waals surface area contributed by atoms with E-state index in [1.807, 2.05) is 18.5 Å². The van der Waals surface area contributed by atoms with Crippen molar-refractivity contribution in [1.29, 1.82) is 0 Å². The summed E-state index contributed by atoms with van der Waals surface area (Å²) in [4.78, 5) is 11.0. The first-order chi connectivity index (χ1) is 9.48. The van der Waals surface area contributed by atoms with E-state index in [1.54, 1.807) is 0 Å². The summed E-state index contributed by atoms with van der Waals surface area (Å²) in [6, 6.07) is 0. The van der Waals surface area contributed by atoms with Crippen LogP contribution in [0.1, 0.15) is 51.9 Å². The molecule has 0 bridgehead atoms. The van der Waals surface area contributed by atoms with Crippen LogP contribution in [-0.2, 0) is 19.4 Å². The summed E-state index contributed by atoms with van der Waals surface area (Å²) in [6.07, 6.45) is 3.27. The summed E-state index contributed by atoms with van der Waals surface area (Å²) in [5.41, 5.74) is 1.67. The Balaban J connectivity index is 3.28. The van der Waals surface area contributed by atoms with Gasteiger partial charge >= 0.3 is 5.69 Å². The van der Waals surface area contributed by atoms with Gasteiger partial charge in [-0.2, -0.15) is 5.10 Å². The molecule has 0 spiro atoms. The zero-order valence-corrected chi connectivity index (χ0v) is 14.4. The van der Waals surface area contributed by atoms with Gasteiger partial charge in [0, 0.05) is 11.9 Å². The minimum atomic E-state index is -0.283. The smallest absolute Gasteiger partial charge is 0.262 e. The molecule has 0 aliphatic carbocycles. The molecule has 1 aromatic heterocycles. The van der Waals surface area contributed by atoms with Crippen molar-refractivity contribution in [2.75, 3.05) is 5.33 Å². The fourth-order valence-electron chi connectivity index (χ4n) is 2.49. The van der Waals surface area contributed by atoms with Crippen molar-refractivity contribution in [2.45, 2.75) is 59.9 Å². The van der Waals surface area contributed by atoms with Gasteiger partial charge in [-0.25, -0.2) is 0 Å². The lowest BCUT2D eigenvalue weighted by atomic mass is 9.84. The van der Waals surface area contributed by atoms with Crippen LogP contribution < -0.4 is 0 Å². The standard InChI is InChI=1S/C14H24BrN3O2/c1-5-11-13(18(19)20)12(6-2)17(16-11)10-14(7-3,8-4)9-15/h5-10H2,1-4H3. The number of aromatic nitrogens is 2. The summed E-state index contributed by atoms with van der Waals surface area (Å²) in [7, 11) is 0. The van der Waals surface area contributed by atoms with E-state index < -0.39 is 0 Å². The normalized spacial score (nSPS) is 11.8. The lowest BCUT2D eigenvalue weighted by molar-refractivity contribution is -0.386. The van der Waals surface area contributed by atoms with Crippen LogP contribution >= 0.6 is 15.9 Å². The predicted molar refractivity (Wildman–Crippen MR) is 84.4 cm³/mol. The van der Waals surface area contributed by atoms with Crippen molar-refractivity contribution in [3.63, 3.8) is 0 Å². The van der Waals surface area contributed by atoms with Crippen molar-refractivity contribution in [3.8, 4) is 0 Å². The molecule has 0 aliphatic rings. The minimum Gasteiger partial charge on any atom is -0.262 e. The molecule has 0 N–H and O–H groups in total. The quantitative estimate of drug-likeness (QED) is 0.404. The average molecular weight is 346 g/mol. The van der Waals surface area contributed by atoms with E-state index >= 15 is 0 Å². The second-order valence-corrected chi connectivity index (χ2v) is 5.77. The fourth-order valence-corrected chi connectivity index (χ4v) is 3.46. The van der Waals surface area contributed by atoms with Crippen molar-refractivity contribution >= 4 is 21.6 Å². The molecule has 0 aliphatic heterocycles. The van der Waals surface area contributed by atoms with Gasteiger partial charge in [0.25, 0.3) is 0 Å². The Morgan fingerprint density at radius 3 is 2.20 bits per heavy atom. The minimum absolute atomic E-state index is 0.106. The number of hydrogen-bond acceptors (Lipinski definition) is 3. The van der Waals surface area contributed by atoms with Gasteiger partial charge in [0.15, 0.2) is 0 Å². The largest absolute Gasteiger partial charge is 0.313 e. The second kappa shape index (κ2) is 7.20. The van der Waals surface area contributed by atoms with Gasteiger partial charge in [0.2, 0.25) is 0 Å². The molecule has 0 saturated carbocycles. The highest BCUT2D eigenvalue weighted by Gasteiger charge is 2.31. The van der Waals surface area contributed by atoms with Gasteiger partial charge in [-0.1, -0.05) is 43.6 Å². The average Bonchev–Trinajstić information content (AvgIpc) is 2.82. The molecule has 0 aromatic carbocycles. The summed E-state index contributed by atoms with van der Waals surface area (Å²) in [5.74, 6) is 0. The van der Waals surface area contributed by atoms with E-state index in [9.17, 15) is 10.1 Å². The summed E-state index contributed by atoms with van der Waals surface area (Å²) in [5, 5.41) is 16.7. The molecule has 114 valence electrons. The van der Waals surface area contributed by atoms with E-state index in [1.165, 1.54) is 0 Å². The number of nitrogens with zero attached hydrogens (tertiary/aromatic N) is 3. The first-order valence-electron chi connectivity index (χ1n) is 7.27. The first kappa shape index (κ1) is 17.1. The molecule has 0 fully saturated rings. The van der Waals surface area contributed by atoms with Crippen molar-refractivity contribution in [3.05, 3.63) is 21.5 Å². The van der Waals surface area contributed by atoms with E-state index in [2.05, 4.69) is 34.9 Å². The fraction of sp³-hybridized carbons (Fsp3) is 0.786. The third kappa shape index (κ3) is 3.22. The maximum absolute atomic E-state index is 11.3. The van der Waals surface area contributed by atoms with Crippen LogP contribution in [0.5, 0.6) is 0 Å². The second-order valence-electron chi connectivity index (χ2n) is 5.20. The van der Waals surface area contributed by atoms with Crippen LogP contribution in [0.2, 0.25) is 0 Å². The highest BCUT2D eigenvalue weighted by atomic mass is 79.9. The third-order valence-corrected chi connectivity index (χ3v) is 5.41. The highest BCUT2D eigenvalue weighted by Crippen LogP contribution is 2.33. The Hall–Kier alpha value is -0.910. The first-order valence-corrected chi connectivity index (χ1v) is 8.39. The lowest BCUT2D eigenvalue weighted by Gasteiger charge is -2.29. The van der Waals surface area contributed by atoms with Gasteiger partial charge in [-0.3, -0.25) is 14.8 Å². The summed E-state index contributed by atoms with van der Waals surface area (Å²) in [6.45, 7) is 8.92. The van der Waals surface area contributed by atoms with E-state index in [0.717, 1.165) is 30.4 Å². The van der Waals surface area contributed by atoms with E-state index in [0.29, 0.717) is 18.5 Å².